The molecule has 0 atom stereocenters. The Kier molecular flexibility index (Phi) is 5.52. The van der Waals surface area contributed by atoms with Crippen LogP contribution in [0.2, 0.25) is 5.02 Å². The minimum absolute atomic E-state index is 0.0139. The second-order valence-corrected chi connectivity index (χ2v) is 8.82. The summed E-state index contributed by atoms with van der Waals surface area (Å²) < 4.78 is 39.2. The Hall–Kier alpha value is -3.45. The zero-order valence-corrected chi connectivity index (χ0v) is 18.6. The lowest BCUT2D eigenvalue weighted by Crippen LogP contribution is -2.47. The van der Waals surface area contributed by atoms with Gasteiger partial charge in [0.1, 0.15) is 6.07 Å². The third-order valence-electron chi connectivity index (χ3n) is 6.36. The molecule has 1 aromatic carbocycles. The topological polar surface area (TPSA) is 85.0 Å². The van der Waals surface area contributed by atoms with Crippen LogP contribution in [0.25, 0.3) is 10.9 Å². The van der Waals surface area contributed by atoms with Gasteiger partial charge in [-0.3, -0.25) is 9.78 Å². The minimum atomic E-state index is -4.57. The molecule has 2 aromatic rings. The summed E-state index contributed by atoms with van der Waals surface area (Å²) in [4.78, 5) is 21.1. The molecule has 11 heteroatoms. The summed E-state index contributed by atoms with van der Waals surface area (Å²) in [6.07, 6.45) is -0.545. The number of pyridine rings is 1. The Morgan fingerprint density at radius 2 is 1.97 bits per heavy atom. The summed E-state index contributed by atoms with van der Waals surface area (Å²) >= 11 is 6.18. The lowest BCUT2D eigenvalue weighted by atomic mass is 9.92. The number of hydrogen-bond acceptors (Lipinski definition) is 6. The molecular weight excluding hydrogens is 469 g/mol. The zero-order valence-electron chi connectivity index (χ0n) is 17.8. The molecule has 0 aliphatic carbocycles. The van der Waals surface area contributed by atoms with Crippen LogP contribution in [0.15, 0.2) is 46.2 Å². The van der Waals surface area contributed by atoms with Crippen LogP contribution in [0.1, 0.15) is 18.4 Å². The molecule has 3 aliphatic heterocycles. The Morgan fingerprint density at radius 3 is 2.68 bits per heavy atom. The summed E-state index contributed by atoms with van der Waals surface area (Å²) in [6, 6.07) is 7.52. The van der Waals surface area contributed by atoms with Gasteiger partial charge >= 0.3 is 6.18 Å². The maximum Gasteiger partial charge on any atom is 0.435 e. The zero-order chi connectivity index (χ0) is 24.0. The first-order chi connectivity index (χ1) is 16.3. The second kappa shape index (κ2) is 8.40. The monoisotopic (exact) mass is 486 g/mol. The molecule has 0 N–H and O–H groups in total. The molecule has 0 saturated carbocycles. The van der Waals surface area contributed by atoms with Crippen molar-refractivity contribution in [1.29, 1.82) is 5.26 Å². The number of carbonyl (C=O) groups excluding carboxylic acids is 1. The average Bonchev–Trinajstić information content (AvgIpc) is 3.27. The number of benzene rings is 1. The molecule has 7 nitrogen and oxygen atoms in total. The maximum absolute atomic E-state index is 13.1. The quantitative estimate of drug-likeness (QED) is 0.639. The standard InChI is InChI=1S/C23H18ClF3N6O/c24-15-1-2-18-17(9-15)20(14(10-28)11-29-18)32-6-3-13(4-7-32)22(34)33-8-5-16-19(12-33)30-31-21(16)23(25,26)27/h1-2,5,9,11,13H,3-4,6-8,12H2. The van der Waals surface area contributed by atoms with Gasteiger partial charge in [0, 0.05) is 47.7 Å². The highest BCUT2D eigenvalue weighted by molar-refractivity contribution is 6.31. The van der Waals surface area contributed by atoms with Gasteiger partial charge in [-0.05, 0) is 31.0 Å². The van der Waals surface area contributed by atoms with Crippen molar-refractivity contribution >= 4 is 45.5 Å². The van der Waals surface area contributed by atoms with E-state index < -0.39 is 11.9 Å². The summed E-state index contributed by atoms with van der Waals surface area (Å²) in [5.41, 5.74) is 1.06. The first kappa shape index (κ1) is 22.3. The van der Waals surface area contributed by atoms with Gasteiger partial charge in [-0.1, -0.05) is 17.7 Å². The molecule has 0 spiro atoms. The van der Waals surface area contributed by atoms with Crippen LogP contribution in [0.5, 0.6) is 0 Å². The van der Waals surface area contributed by atoms with E-state index in [1.807, 2.05) is 0 Å². The number of halogens is 4. The number of aromatic nitrogens is 1. The van der Waals surface area contributed by atoms with Crippen molar-refractivity contribution in [1.82, 2.24) is 9.88 Å². The van der Waals surface area contributed by atoms with E-state index in [2.05, 4.69) is 26.2 Å². The largest absolute Gasteiger partial charge is 0.435 e. The number of nitriles is 1. The van der Waals surface area contributed by atoms with E-state index in [0.29, 0.717) is 36.5 Å². The van der Waals surface area contributed by atoms with Crippen LogP contribution in [0.4, 0.5) is 18.9 Å². The van der Waals surface area contributed by atoms with Crippen LogP contribution < -0.4 is 4.90 Å². The average molecular weight is 487 g/mol. The van der Waals surface area contributed by atoms with Crippen molar-refractivity contribution in [2.45, 2.75) is 19.0 Å². The Balaban J connectivity index is 1.30. The highest BCUT2D eigenvalue weighted by Crippen LogP contribution is 2.35. The van der Waals surface area contributed by atoms with E-state index in [1.165, 1.54) is 11.0 Å². The van der Waals surface area contributed by atoms with Gasteiger partial charge in [0.05, 0.1) is 29.0 Å². The van der Waals surface area contributed by atoms with Gasteiger partial charge in [-0.25, -0.2) is 0 Å². The van der Waals surface area contributed by atoms with Crippen LogP contribution in [0, 0.1) is 17.2 Å². The Bertz CT molecular complexity index is 1320. The predicted octanol–water partition coefficient (Wildman–Crippen LogP) is 4.12. The van der Waals surface area contributed by atoms with E-state index in [4.69, 9.17) is 11.6 Å². The molecule has 174 valence electrons. The number of alkyl halides is 3. The van der Waals surface area contributed by atoms with Crippen molar-refractivity contribution in [3.63, 3.8) is 0 Å². The van der Waals surface area contributed by atoms with E-state index in [9.17, 15) is 23.2 Å². The highest BCUT2D eigenvalue weighted by Gasteiger charge is 2.44. The Morgan fingerprint density at radius 1 is 1.21 bits per heavy atom. The number of hydrogen-bond donors (Lipinski definition) is 0. The minimum Gasteiger partial charge on any atom is -0.370 e. The molecule has 1 aromatic heterocycles. The number of nitrogens with zero attached hydrogens (tertiary/aromatic N) is 6. The molecular formula is C23H18ClF3N6O. The first-order valence-electron chi connectivity index (χ1n) is 10.7. The third-order valence-corrected chi connectivity index (χ3v) is 6.59. The van der Waals surface area contributed by atoms with Gasteiger partial charge in [0.2, 0.25) is 5.91 Å². The number of anilines is 1. The smallest absolute Gasteiger partial charge is 0.370 e. The van der Waals surface area contributed by atoms with Crippen molar-refractivity contribution in [3.8, 4) is 6.07 Å². The molecule has 0 bridgehead atoms. The number of carbonyl (C=O) groups is 1. The molecule has 1 fully saturated rings. The van der Waals surface area contributed by atoms with E-state index >= 15 is 0 Å². The molecule has 0 unspecified atom stereocenters. The van der Waals surface area contributed by atoms with Crippen LogP contribution in [-0.4, -0.2) is 59.6 Å². The van der Waals surface area contributed by atoms with Crippen molar-refractivity contribution < 1.29 is 18.0 Å². The van der Waals surface area contributed by atoms with E-state index in [-0.39, 0.29) is 36.2 Å². The fourth-order valence-corrected chi connectivity index (χ4v) is 4.86. The lowest BCUT2D eigenvalue weighted by molar-refractivity contribution is -0.135. The number of piperidine rings is 1. The highest BCUT2D eigenvalue weighted by atomic mass is 35.5. The van der Waals surface area contributed by atoms with Gasteiger partial charge in [-0.15, -0.1) is 5.10 Å². The van der Waals surface area contributed by atoms with Gasteiger partial charge < -0.3 is 9.80 Å². The number of amides is 1. The fraction of sp³-hybridized carbons (Fsp3) is 0.348. The first-order valence-corrected chi connectivity index (χ1v) is 11.1. The molecule has 1 saturated heterocycles. The number of fused-ring (bicyclic) bond motifs is 2. The van der Waals surface area contributed by atoms with Gasteiger partial charge in [0.15, 0.2) is 5.71 Å². The molecule has 5 rings (SSSR count). The van der Waals surface area contributed by atoms with E-state index in [1.54, 1.807) is 24.4 Å². The van der Waals surface area contributed by atoms with Crippen LogP contribution in [-0.2, 0) is 4.79 Å². The molecule has 3 aliphatic rings. The van der Waals surface area contributed by atoms with Gasteiger partial charge in [0.25, 0.3) is 0 Å². The summed E-state index contributed by atoms with van der Waals surface area (Å²) in [7, 11) is 0. The van der Waals surface area contributed by atoms with Crippen LogP contribution >= 0.6 is 11.6 Å². The van der Waals surface area contributed by atoms with Crippen molar-refractivity contribution in [2.75, 3.05) is 31.1 Å². The number of rotatable bonds is 2. The normalized spacial score (nSPS) is 18.9. The molecule has 4 heterocycles. The summed E-state index contributed by atoms with van der Waals surface area (Å²) in [5.74, 6) is -0.375. The van der Waals surface area contributed by atoms with Crippen molar-refractivity contribution in [2.24, 2.45) is 16.1 Å². The SMILES string of the molecule is N#Cc1cnc2ccc(Cl)cc2c1N1CCC(C(=O)N2CC=C3C(=NN=C3C(F)(F)F)C2)CC1. The summed E-state index contributed by atoms with van der Waals surface area (Å²) in [5, 5.41) is 17.9. The van der Waals surface area contributed by atoms with E-state index in [0.717, 1.165) is 16.6 Å². The molecule has 1 amide bonds. The predicted molar refractivity (Wildman–Crippen MR) is 122 cm³/mol. The summed E-state index contributed by atoms with van der Waals surface area (Å²) in [6.45, 7) is 1.20. The fourth-order valence-electron chi connectivity index (χ4n) is 4.69. The van der Waals surface area contributed by atoms with Crippen LogP contribution in [0.3, 0.4) is 0 Å². The maximum atomic E-state index is 13.1. The van der Waals surface area contributed by atoms with Gasteiger partial charge in [-0.2, -0.15) is 23.5 Å². The Labute approximate surface area is 197 Å². The van der Waals surface area contributed by atoms with Crippen molar-refractivity contribution in [3.05, 3.63) is 46.6 Å². The second-order valence-electron chi connectivity index (χ2n) is 8.38. The lowest BCUT2D eigenvalue weighted by Gasteiger charge is -2.36. The third kappa shape index (κ3) is 3.90. The molecule has 34 heavy (non-hydrogen) atoms. The molecule has 0 radical (unpaired) electrons.